The van der Waals surface area contributed by atoms with Gasteiger partial charge in [0.15, 0.2) is 5.84 Å². The maximum atomic E-state index is 11.7. The van der Waals surface area contributed by atoms with Crippen LogP contribution in [-0.2, 0) is 4.79 Å². The zero-order valence-electron chi connectivity index (χ0n) is 9.54. The summed E-state index contributed by atoms with van der Waals surface area (Å²) in [5, 5.41) is 11.2. The topological polar surface area (TPSA) is 78.9 Å². The molecule has 1 aromatic rings. The first-order chi connectivity index (χ1) is 8.13. The van der Waals surface area contributed by atoms with Crippen LogP contribution >= 0.6 is 11.8 Å². The Morgan fingerprint density at radius 2 is 2.12 bits per heavy atom. The molecule has 0 atom stereocenters. The van der Waals surface area contributed by atoms with Gasteiger partial charge in [-0.1, -0.05) is 23.4 Å². The number of carbonyl (C=O) groups is 1. The third-order valence-corrected chi connectivity index (χ3v) is 3.06. The monoisotopic (exact) mass is 253 g/mol. The normalized spacial score (nSPS) is 11.2. The van der Waals surface area contributed by atoms with Crippen LogP contribution in [0.4, 0.5) is 0 Å². The van der Waals surface area contributed by atoms with Crippen molar-refractivity contribution in [1.29, 1.82) is 0 Å². The predicted molar refractivity (Wildman–Crippen MR) is 68.2 cm³/mol. The van der Waals surface area contributed by atoms with E-state index < -0.39 is 0 Å². The van der Waals surface area contributed by atoms with Gasteiger partial charge in [0.1, 0.15) is 0 Å². The van der Waals surface area contributed by atoms with E-state index >= 15 is 0 Å². The number of rotatable bonds is 5. The fraction of sp³-hybridized carbons (Fsp3) is 0.273. The largest absolute Gasteiger partial charge is 0.409 e. The molecule has 3 N–H and O–H groups in total. The van der Waals surface area contributed by atoms with Crippen LogP contribution in [0.1, 0.15) is 0 Å². The molecule has 6 heteroatoms. The molecule has 0 fully saturated rings. The highest BCUT2D eigenvalue weighted by atomic mass is 32.2. The zero-order chi connectivity index (χ0) is 12.7. The Kier molecular flexibility index (Phi) is 5.35. The zero-order valence-corrected chi connectivity index (χ0v) is 10.4. The number of oxime groups is 1. The second kappa shape index (κ2) is 6.80. The summed E-state index contributed by atoms with van der Waals surface area (Å²) in [5.41, 5.74) is 5.32. The van der Waals surface area contributed by atoms with Gasteiger partial charge in [-0.15, -0.1) is 11.8 Å². The molecule has 0 aliphatic rings. The Morgan fingerprint density at radius 1 is 1.47 bits per heavy atom. The maximum absolute atomic E-state index is 11.7. The highest BCUT2D eigenvalue weighted by Crippen LogP contribution is 2.16. The molecule has 0 saturated carbocycles. The summed E-state index contributed by atoms with van der Waals surface area (Å²) >= 11 is 1.46. The van der Waals surface area contributed by atoms with Crippen molar-refractivity contribution in [2.75, 3.05) is 19.3 Å². The molecule has 0 spiro atoms. The van der Waals surface area contributed by atoms with Gasteiger partial charge in [0.25, 0.3) is 0 Å². The molecule has 0 unspecified atom stereocenters. The lowest BCUT2D eigenvalue weighted by molar-refractivity contribution is -0.126. The summed E-state index contributed by atoms with van der Waals surface area (Å²) in [6.45, 7) is 0.130. The van der Waals surface area contributed by atoms with E-state index in [9.17, 15) is 4.79 Å². The molecule has 0 saturated heterocycles. The number of amidine groups is 1. The second-order valence-corrected chi connectivity index (χ2v) is 4.49. The summed E-state index contributed by atoms with van der Waals surface area (Å²) in [6.07, 6.45) is 0. The lowest BCUT2D eigenvalue weighted by Crippen LogP contribution is -2.36. The molecule has 0 heterocycles. The lowest BCUT2D eigenvalue weighted by atomic mass is 10.4. The minimum atomic E-state index is -0.0644. The van der Waals surface area contributed by atoms with Crippen LogP contribution < -0.4 is 5.73 Å². The van der Waals surface area contributed by atoms with Gasteiger partial charge in [-0.2, -0.15) is 0 Å². The lowest BCUT2D eigenvalue weighted by Gasteiger charge is -2.15. The van der Waals surface area contributed by atoms with Crippen molar-refractivity contribution in [1.82, 2.24) is 4.90 Å². The SMILES string of the molecule is CN(CC(N)=NO)C(=O)CSc1ccccc1. The van der Waals surface area contributed by atoms with Crippen LogP contribution in [-0.4, -0.2) is 41.2 Å². The van der Waals surface area contributed by atoms with Gasteiger partial charge in [-0.3, -0.25) is 4.79 Å². The van der Waals surface area contributed by atoms with E-state index in [0.29, 0.717) is 5.75 Å². The van der Waals surface area contributed by atoms with E-state index in [1.54, 1.807) is 7.05 Å². The van der Waals surface area contributed by atoms with E-state index in [-0.39, 0.29) is 18.3 Å². The van der Waals surface area contributed by atoms with E-state index in [4.69, 9.17) is 10.9 Å². The second-order valence-electron chi connectivity index (χ2n) is 3.44. The van der Waals surface area contributed by atoms with Crippen LogP contribution in [0.25, 0.3) is 0 Å². The molecule has 1 rings (SSSR count). The first-order valence-electron chi connectivity index (χ1n) is 5.01. The quantitative estimate of drug-likeness (QED) is 0.269. The summed E-state index contributed by atoms with van der Waals surface area (Å²) in [4.78, 5) is 14.1. The van der Waals surface area contributed by atoms with Crippen molar-refractivity contribution in [2.45, 2.75) is 4.90 Å². The number of thioether (sulfide) groups is 1. The van der Waals surface area contributed by atoms with Crippen LogP contribution in [0.3, 0.4) is 0 Å². The van der Waals surface area contributed by atoms with Crippen molar-refractivity contribution in [2.24, 2.45) is 10.9 Å². The molecule has 1 aromatic carbocycles. The van der Waals surface area contributed by atoms with Crippen LogP contribution in [0.5, 0.6) is 0 Å². The summed E-state index contributed by atoms with van der Waals surface area (Å²) in [5.74, 6) is 0.287. The van der Waals surface area contributed by atoms with Crippen LogP contribution in [0.2, 0.25) is 0 Å². The summed E-state index contributed by atoms with van der Waals surface area (Å²) in [6, 6.07) is 9.67. The highest BCUT2D eigenvalue weighted by Gasteiger charge is 2.10. The van der Waals surface area contributed by atoms with Crippen molar-refractivity contribution in [3.63, 3.8) is 0 Å². The third-order valence-electron chi connectivity index (χ3n) is 2.06. The number of hydrogen-bond acceptors (Lipinski definition) is 4. The molecule has 1 amide bonds. The predicted octanol–water partition coefficient (Wildman–Crippen LogP) is 0.983. The van der Waals surface area contributed by atoms with Crippen molar-refractivity contribution in [3.05, 3.63) is 30.3 Å². The Morgan fingerprint density at radius 3 is 2.71 bits per heavy atom. The standard InChI is InChI=1S/C11H15N3O2S/c1-14(7-10(12)13-16)11(15)8-17-9-5-3-2-4-6-9/h2-6,16H,7-8H2,1H3,(H2,12,13). The minimum absolute atomic E-state index is 0.0190. The smallest absolute Gasteiger partial charge is 0.233 e. The average molecular weight is 253 g/mol. The first kappa shape index (κ1) is 13.4. The van der Waals surface area contributed by atoms with Gasteiger partial charge >= 0.3 is 0 Å². The Bertz CT molecular complexity index is 395. The fourth-order valence-corrected chi connectivity index (χ4v) is 1.99. The Hall–Kier alpha value is -1.69. The summed E-state index contributed by atoms with van der Waals surface area (Å²) in [7, 11) is 1.62. The van der Waals surface area contributed by atoms with Gasteiger partial charge in [0.2, 0.25) is 5.91 Å². The number of carbonyl (C=O) groups excluding carboxylic acids is 1. The molecule has 92 valence electrons. The van der Waals surface area contributed by atoms with Gasteiger partial charge in [-0.05, 0) is 12.1 Å². The van der Waals surface area contributed by atoms with Gasteiger partial charge in [0, 0.05) is 11.9 Å². The highest BCUT2D eigenvalue weighted by molar-refractivity contribution is 8.00. The number of amides is 1. The van der Waals surface area contributed by atoms with Gasteiger partial charge < -0.3 is 15.8 Å². The van der Waals surface area contributed by atoms with Gasteiger partial charge in [-0.25, -0.2) is 0 Å². The van der Waals surface area contributed by atoms with Crippen molar-refractivity contribution in [3.8, 4) is 0 Å². The average Bonchev–Trinajstić information content (AvgIpc) is 2.36. The fourth-order valence-electron chi connectivity index (χ4n) is 1.13. The molecule has 0 aliphatic carbocycles. The van der Waals surface area contributed by atoms with Gasteiger partial charge in [0.05, 0.1) is 12.3 Å². The molecule has 0 aliphatic heterocycles. The van der Waals surface area contributed by atoms with E-state index in [1.807, 2.05) is 30.3 Å². The minimum Gasteiger partial charge on any atom is -0.409 e. The van der Waals surface area contributed by atoms with Crippen LogP contribution in [0.15, 0.2) is 40.4 Å². The number of benzene rings is 1. The molecular formula is C11H15N3O2S. The van der Waals surface area contributed by atoms with Crippen molar-refractivity contribution >= 4 is 23.5 Å². The van der Waals surface area contributed by atoms with E-state index in [0.717, 1.165) is 4.90 Å². The molecular weight excluding hydrogens is 238 g/mol. The first-order valence-corrected chi connectivity index (χ1v) is 6.00. The molecule has 0 bridgehead atoms. The number of likely N-dealkylation sites (N-methyl/N-ethyl adjacent to an activating group) is 1. The number of nitrogens with zero attached hydrogens (tertiary/aromatic N) is 2. The molecule has 0 aromatic heterocycles. The molecule has 17 heavy (non-hydrogen) atoms. The Balaban J connectivity index is 2.39. The number of hydrogen-bond donors (Lipinski definition) is 2. The third kappa shape index (κ3) is 4.78. The van der Waals surface area contributed by atoms with Crippen molar-refractivity contribution < 1.29 is 10.0 Å². The molecule has 5 nitrogen and oxygen atoms in total. The van der Waals surface area contributed by atoms with E-state index in [2.05, 4.69) is 5.16 Å². The Labute approximate surface area is 104 Å². The number of nitrogens with two attached hydrogens (primary N) is 1. The summed E-state index contributed by atoms with van der Waals surface area (Å²) < 4.78 is 0. The maximum Gasteiger partial charge on any atom is 0.233 e. The van der Waals surface area contributed by atoms with E-state index in [1.165, 1.54) is 16.7 Å². The molecule has 0 radical (unpaired) electrons. The van der Waals surface area contributed by atoms with Crippen LogP contribution in [0, 0.1) is 0 Å².